The van der Waals surface area contributed by atoms with Crippen LogP contribution >= 0.6 is 0 Å². The predicted octanol–water partition coefficient (Wildman–Crippen LogP) is 0.984. The molecule has 0 amide bonds. The van der Waals surface area contributed by atoms with Crippen molar-refractivity contribution in [3.8, 4) is 6.07 Å². The van der Waals surface area contributed by atoms with Gasteiger partial charge in [0.1, 0.15) is 12.4 Å². The highest BCUT2D eigenvalue weighted by Crippen LogP contribution is 2.16. The molecule has 1 aromatic carbocycles. The molecule has 0 saturated carbocycles. The molecule has 2 rings (SSSR count). The van der Waals surface area contributed by atoms with Gasteiger partial charge in [0.2, 0.25) is 0 Å². The van der Waals surface area contributed by atoms with Gasteiger partial charge in [-0.3, -0.25) is 4.90 Å². The van der Waals surface area contributed by atoms with Crippen LogP contribution in [0.25, 0.3) is 11.0 Å². The summed E-state index contributed by atoms with van der Waals surface area (Å²) in [6.45, 7) is 1.63. The van der Waals surface area contributed by atoms with Gasteiger partial charge in [-0.05, 0) is 19.2 Å². The number of para-hydroxylation sites is 2. The lowest BCUT2D eigenvalue weighted by Gasteiger charge is -2.14. The number of aliphatic hydroxyl groups is 1. The summed E-state index contributed by atoms with van der Waals surface area (Å²) in [6.07, 6.45) is 0. The molecule has 0 bridgehead atoms. The smallest absolute Gasteiger partial charge is 0.125 e. The number of hydrogen-bond acceptors (Lipinski definition) is 4. The SMILES string of the molecule is CN(CCO)Cc1nc2ccccc2n1CC#N. The van der Waals surface area contributed by atoms with Crippen molar-refractivity contribution < 1.29 is 5.11 Å². The fourth-order valence-corrected chi connectivity index (χ4v) is 1.98. The van der Waals surface area contributed by atoms with Crippen molar-refractivity contribution in [3.05, 3.63) is 30.1 Å². The standard InChI is InChI=1S/C13H16N4O/c1-16(8-9-18)10-13-15-11-4-2-3-5-12(11)17(13)7-6-14/h2-5,18H,7-10H2,1H3. The monoisotopic (exact) mass is 244 g/mol. The molecular weight excluding hydrogens is 228 g/mol. The van der Waals surface area contributed by atoms with Gasteiger partial charge in [0, 0.05) is 6.54 Å². The first kappa shape index (κ1) is 12.6. The molecule has 0 saturated heterocycles. The minimum absolute atomic E-state index is 0.120. The Morgan fingerprint density at radius 2 is 2.22 bits per heavy atom. The number of imidazole rings is 1. The summed E-state index contributed by atoms with van der Waals surface area (Å²) in [5.74, 6) is 0.855. The number of rotatable bonds is 5. The second-order valence-electron chi connectivity index (χ2n) is 4.22. The van der Waals surface area contributed by atoms with Crippen LogP contribution in [0.2, 0.25) is 0 Å². The van der Waals surface area contributed by atoms with Crippen LogP contribution in [0.3, 0.4) is 0 Å². The van der Waals surface area contributed by atoms with E-state index in [4.69, 9.17) is 10.4 Å². The molecule has 0 fully saturated rings. The second kappa shape index (κ2) is 5.63. The first-order valence-corrected chi connectivity index (χ1v) is 5.86. The van der Waals surface area contributed by atoms with Crippen LogP contribution in [0.1, 0.15) is 5.82 Å². The Labute approximate surface area is 106 Å². The van der Waals surface area contributed by atoms with Crippen LogP contribution in [0.4, 0.5) is 0 Å². The summed E-state index contributed by atoms with van der Waals surface area (Å²) in [5.41, 5.74) is 1.88. The molecule has 5 heteroatoms. The Morgan fingerprint density at radius 3 is 2.94 bits per heavy atom. The number of hydrogen-bond donors (Lipinski definition) is 1. The lowest BCUT2D eigenvalue weighted by molar-refractivity contribution is 0.213. The van der Waals surface area contributed by atoms with E-state index in [9.17, 15) is 0 Å². The van der Waals surface area contributed by atoms with Crippen molar-refractivity contribution in [1.82, 2.24) is 14.5 Å². The zero-order chi connectivity index (χ0) is 13.0. The number of benzene rings is 1. The highest BCUT2D eigenvalue weighted by Gasteiger charge is 2.11. The van der Waals surface area contributed by atoms with Crippen molar-refractivity contribution in [1.29, 1.82) is 5.26 Å². The van der Waals surface area contributed by atoms with Gasteiger partial charge < -0.3 is 9.67 Å². The normalized spacial score (nSPS) is 11.0. The number of fused-ring (bicyclic) bond motifs is 1. The lowest BCUT2D eigenvalue weighted by atomic mass is 10.3. The Hall–Kier alpha value is -1.90. The predicted molar refractivity (Wildman–Crippen MR) is 68.8 cm³/mol. The summed E-state index contributed by atoms with van der Waals surface area (Å²) < 4.78 is 1.92. The summed E-state index contributed by atoms with van der Waals surface area (Å²) >= 11 is 0. The number of likely N-dealkylation sites (N-methyl/N-ethyl adjacent to an activating group) is 1. The zero-order valence-electron chi connectivity index (χ0n) is 10.4. The van der Waals surface area contributed by atoms with Crippen LogP contribution < -0.4 is 0 Å². The van der Waals surface area contributed by atoms with Gasteiger partial charge in [-0.2, -0.15) is 5.26 Å². The molecule has 1 aromatic heterocycles. The number of aliphatic hydroxyl groups excluding tert-OH is 1. The van der Waals surface area contributed by atoms with Gasteiger partial charge in [0.25, 0.3) is 0 Å². The highest BCUT2D eigenvalue weighted by atomic mass is 16.3. The van der Waals surface area contributed by atoms with Crippen LogP contribution in [-0.2, 0) is 13.1 Å². The highest BCUT2D eigenvalue weighted by molar-refractivity contribution is 5.75. The molecule has 0 radical (unpaired) electrons. The van der Waals surface area contributed by atoms with E-state index in [2.05, 4.69) is 11.1 Å². The molecule has 1 N–H and O–H groups in total. The average molecular weight is 244 g/mol. The molecule has 0 spiro atoms. The molecule has 0 unspecified atom stereocenters. The Balaban J connectivity index is 2.36. The van der Waals surface area contributed by atoms with Gasteiger partial charge in [-0.25, -0.2) is 4.98 Å². The number of aromatic nitrogens is 2. The minimum atomic E-state index is 0.120. The third kappa shape index (κ3) is 2.50. The van der Waals surface area contributed by atoms with Gasteiger partial charge >= 0.3 is 0 Å². The van der Waals surface area contributed by atoms with Crippen molar-refractivity contribution in [2.75, 3.05) is 20.2 Å². The van der Waals surface area contributed by atoms with Crippen LogP contribution in [0.15, 0.2) is 24.3 Å². The Kier molecular flexibility index (Phi) is 3.92. The van der Waals surface area contributed by atoms with Crippen molar-refractivity contribution in [2.45, 2.75) is 13.1 Å². The molecule has 5 nitrogen and oxygen atoms in total. The van der Waals surface area contributed by atoms with Crippen LogP contribution in [0.5, 0.6) is 0 Å². The van der Waals surface area contributed by atoms with E-state index in [0.717, 1.165) is 16.9 Å². The van der Waals surface area contributed by atoms with E-state index in [-0.39, 0.29) is 6.61 Å². The lowest BCUT2D eigenvalue weighted by Crippen LogP contribution is -2.23. The molecule has 0 aliphatic rings. The van der Waals surface area contributed by atoms with Crippen molar-refractivity contribution >= 4 is 11.0 Å². The van der Waals surface area contributed by atoms with Gasteiger partial charge in [0.15, 0.2) is 0 Å². The molecule has 1 heterocycles. The molecular formula is C13H16N4O. The van der Waals surface area contributed by atoms with Gasteiger partial charge in [-0.15, -0.1) is 0 Å². The maximum Gasteiger partial charge on any atom is 0.125 e. The van der Waals surface area contributed by atoms with E-state index < -0.39 is 0 Å². The molecule has 18 heavy (non-hydrogen) atoms. The van der Waals surface area contributed by atoms with Crippen molar-refractivity contribution in [3.63, 3.8) is 0 Å². The van der Waals surface area contributed by atoms with Crippen LogP contribution in [0, 0.1) is 11.3 Å². The van der Waals surface area contributed by atoms with E-state index >= 15 is 0 Å². The maximum atomic E-state index is 8.91. The molecule has 0 aliphatic heterocycles. The zero-order valence-corrected chi connectivity index (χ0v) is 10.4. The first-order chi connectivity index (χ1) is 8.76. The maximum absolute atomic E-state index is 8.91. The average Bonchev–Trinajstić information content (AvgIpc) is 2.68. The summed E-state index contributed by atoms with van der Waals surface area (Å²) in [6, 6.07) is 9.95. The molecule has 0 aliphatic carbocycles. The topological polar surface area (TPSA) is 65.1 Å². The van der Waals surface area contributed by atoms with E-state index in [0.29, 0.717) is 19.6 Å². The number of nitriles is 1. The third-order valence-corrected chi connectivity index (χ3v) is 2.86. The fraction of sp³-hybridized carbons (Fsp3) is 0.385. The minimum Gasteiger partial charge on any atom is -0.395 e. The summed E-state index contributed by atoms with van der Waals surface area (Å²) in [5, 5.41) is 17.8. The van der Waals surface area contributed by atoms with Crippen molar-refractivity contribution in [2.24, 2.45) is 0 Å². The van der Waals surface area contributed by atoms with E-state index in [1.165, 1.54) is 0 Å². The fourth-order valence-electron chi connectivity index (χ4n) is 1.98. The van der Waals surface area contributed by atoms with E-state index in [1.54, 1.807) is 0 Å². The number of nitrogens with zero attached hydrogens (tertiary/aromatic N) is 4. The largest absolute Gasteiger partial charge is 0.395 e. The molecule has 94 valence electrons. The van der Waals surface area contributed by atoms with Gasteiger partial charge in [0.05, 0.1) is 30.3 Å². The van der Waals surface area contributed by atoms with Gasteiger partial charge in [-0.1, -0.05) is 12.1 Å². The molecule has 2 aromatic rings. The summed E-state index contributed by atoms with van der Waals surface area (Å²) in [4.78, 5) is 6.52. The Bertz CT molecular complexity index is 570. The third-order valence-electron chi connectivity index (χ3n) is 2.86. The van der Waals surface area contributed by atoms with Crippen LogP contribution in [-0.4, -0.2) is 39.8 Å². The van der Waals surface area contributed by atoms with E-state index in [1.807, 2.05) is 40.8 Å². The first-order valence-electron chi connectivity index (χ1n) is 5.86. The quantitative estimate of drug-likeness (QED) is 0.851. The second-order valence-corrected chi connectivity index (χ2v) is 4.22. The Morgan fingerprint density at radius 1 is 1.44 bits per heavy atom. The molecule has 0 atom stereocenters. The summed E-state index contributed by atoms with van der Waals surface area (Å²) in [7, 11) is 1.92.